The van der Waals surface area contributed by atoms with Gasteiger partial charge < -0.3 is 10.4 Å². The summed E-state index contributed by atoms with van der Waals surface area (Å²) in [7, 11) is 0. The van der Waals surface area contributed by atoms with E-state index in [1.165, 1.54) is 0 Å². The minimum atomic E-state index is -0.311. The molecule has 0 aliphatic carbocycles. The normalized spacial score (nSPS) is 12.5. The summed E-state index contributed by atoms with van der Waals surface area (Å²) in [5.41, 5.74) is 1.04. The highest BCUT2D eigenvalue weighted by Gasteiger charge is 2.01. The van der Waals surface area contributed by atoms with E-state index >= 15 is 0 Å². The van der Waals surface area contributed by atoms with Crippen LogP contribution in [0.15, 0.2) is 12.4 Å². The van der Waals surface area contributed by atoms with Crippen LogP contribution in [0.1, 0.15) is 32.4 Å². The Kier molecular flexibility index (Phi) is 5.04. The van der Waals surface area contributed by atoms with E-state index in [2.05, 4.69) is 22.2 Å². The fourth-order valence-electron chi connectivity index (χ4n) is 1.25. The molecule has 84 valence electrons. The van der Waals surface area contributed by atoms with Gasteiger partial charge in [-0.3, -0.25) is 0 Å². The van der Waals surface area contributed by atoms with Crippen molar-refractivity contribution in [3.05, 3.63) is 18.1 Å². The van der Waals surface area contributed by atoms with Gasteiger partial charge in [0.05, 0.1) is 6.10 Å². The van der Waals surface area contributed by atoms with E-state index in [-0.39, 0.29) is 6.10 Å². The van der Waals surface area contributed by atoms with Crippen LogP contribution in [0.3, 0.4) is 0 Å². The van der Waals surface area contributed by atoms with Gasteiger partial charge in [-0.2, -0.15) is 0 Å². The SMILES string of the molecule is CCCc1cc(NCC(O)CC)ncn1. The summed E-state index contributed by atoms with van der Waals surface area (Å²) in [6.07, 6.45) is 4.04. The molecule has 1 unspecified atom stereocenters. The minimum absolute atomic E-state index is 0.311. The number of hydrogen-bond donors (Lipinski definition) is 2. The molecule has 4 heteroatoms. The van der Waals surface area contributed by atoms with Crippen LogP contribution in [0.25, 0.3) is 0 Å². The largest absolute Gasteiger partial charge is 0.391 e. The number of rotatable bonds is 6. The van der Waals surface area contributed by atoms with E-state index in [0.717, 1.165) is 30.8 Å². The highest BCUT2D eigenvalue weighted by molar-refractivity contribution is 5.34. The van der Waals surface area contributed by atoms with Gasteiger partial charge in [0.25, 0.3) is 0 Å². The highest BCUT2D eigenvalue weighted by Crippen LogP contribution is 2.06. The molecule has 0 fully saturated rings. The van der Waals surface area contributed by atoms with E-state index < -0.39 is 0 Å². The van der Waals surface area contributed by atoms with E-state index in [4.69, 9.17) is 0 Å². The number of hydrogen-bond acceptors (Lipinski definition) is 4. The van der Waals surface area contributed by atoms with Crippen molar-refractivity contribution in [2.24, 2.45) is 0 Å². The van der Waals surface area contributed by atoms with Gasteiger partial charge in [-0.25, -0.2) is 9.97 Å². The van der Waals surface area contributed by atoms with Crippen molar-refractivity contribution in [2.75, 3.05) is 11.9 Å². The van der Waals surface area contributed by atoms with Crippen molar-refractivity contribution < 1.29 is 5.11 Å². The second-order valence-corrected chi connectivity index (χ2v) is 3.59. The molecule has 1 aromatic rings. The van der Waals surface area contributed by atoms with Gasteiger partial charge in [-0.05, 0) is 12.8 Å². The van der Waals surface area contributed by atoms with Crippen molar-refractivity contribution >= 4 is 5.82 Å². The predicted molar refractivity (Wildman–Crippen MR) is 60.8 cm³/mol. The summed E-state index contributed by atoms with van der Waals surface area (Å²) in [5.74, 6) is 0.793. The first kappa shape index (κ1) is 11.9. The molecule has 1 aromatic heterocycles. The average Bonchev–Trinajstić information content (AvgIpc) is 2.27. The van der Waals surface area contributed by atoms with Crippen LogP contribution >= 0.6 is 0 Å². The zero-order chi connectivity index (χ0) is 11.1. The van der Waals surface area contributed by atoms with E-state index in [1.54, 1.807) is 6.33 Å². The maximum Gasteiger partial charge on any atom is 0.129 e. The second kappa shape index (κ2) is 6.35. The maximum absolute atomic E-state index is 9.39. The molecule has 4 nitrogen and oxygen atoms in total. The van der Waals surface area contributed by atoms with Crippen molar-refractivity contribution in [2.45, 2.75) is 39.2 Å². The third-order valence-electron chi connectivity index (χ3n) is 2.22. The predicted octanol–water partition coefficient (Wildman–Crippen LogP) is 1.61. The Bertz CT molecular complexity index is 291. The molecule has 15 heavy (non-hydrogen) atoms. The van der Waals surface area contributed by atoms with E-state index in [9.17, 15) is 5.11 Å². The summed E-state index contributed by atoms with van der Waals surface area (Å²) in [4.78, 5) is 8.26. The summed E-state index contributed by atoms with van der Waals surface area (Å²) < 4.78 is 0. The Morgan fingerprint density at radius 1 is 1.40 bits per heavy atom. The number of nitrogens with zero attached hydrogens (tertiary/aromatic N) is 2. The number of nitrogens with one attached hydrogen (secondary N) is 1. The van der Waals surface area contributed by atoms with Gasteiger partial charge >= 0.3 is 0 Å². The van der Waals surface area contributed by atoms with E-state index in [1.807, 2.05) is 13.0 Å². The molecule has 1 atom stereocenters. The molecule has 0 bridgehead atoms. The van der Waals surface area contributed by atoms with Gasteiger partial charge in [0.2, 0.25) is 0 Å². The lowest BCUT2D eigenvalue weighted by Crippen LogP contribution is -2.18. The van der Waals surface area contributed by atoms with E-state index in [0.29, 0.717) is 6.54 Å². The summed E-state index contributed by atoms with van der Waals surface area (Å²) >= 11 is 0. The fourth-order valence-corrected chi connectivity index (χ4v) is 1.25. The zero-order valence-corrected chi connectivity index (χ0v) is 9.40. The molecule has 0 saturated carbocycles. The first-order valence-electron chi connectivity index (χ1n) is 5.49. The van der Waals surface area contributed by atoms with Crippen molar-refractivity contribution in [1.29, 1.82) is 0 Å². The molecule has 0 radical (unpaired) electrons. The van der Waals surface area contributed by atoms with Crippen molar-refractivity contribution in [1.82, 2.24) is 9.97 Å². The van der Waals surface area contributed by atoms with Gasteiger partial charge in [0, 0.05) is 18.3 Å². The van der Waals surface area contributed by atoms with Crippen molar-refractivity contribution in [3.63, 3.8) is 0 Å². The number of aryl methyl sites for hydroxylation is 1. The van der Waals surface area contributed by atoms with Crippen LogP contribution in [-0.4, -0.2) is 27.7 Å². The summed E-state index contributed by atoms with van der Waals surface area (Å²) in [6.45, 7) is 4.62. The molecule has 1 heterocycles. The molecule has 0 spiro atoms. The molecule has 2 N–H and O–H groups in total. The maximum atomic E-state index is 9.39. The third kappa shape index (κ3) is 4.25. The first-order valence-corrected chi connectivity index (χ1v) is 5.49. The number of aliphatic hydroxyl groups excluding tert-OH is 1. The third-order valence-corrected chi connectivity index (χ3v) is 2.22. The quantitative estimate of drug-likeness (QED) is 0.747. The molecule has 0 aliphatic rings. The molecule has 0 saturated heterocycles. The topological polar surface area (TPSA) is 58.0 Å². The number of aliphatic hydroxyl groups is 1. The summed E-state index contributed by atoms with van der Waals surface area (Å²) in [6, 6.07) is 1.94. The molecule has 0 aromatic carbocycles. The lowest BCUT2D eigenvalue weighted by Gasteiger charge is -2.10. The molecule has 0 aliphatic heterocycles. The van der Waals surface area contributed by atoms with Gasteiger partial charge in [-0.1, -0.05) is 20.3 Å². The highest BCUT2D eigenvalue weighted by atomic mass is 16.3. The Hall–Kier alpha value is -1.16. The molecular formula is C11H19N3O. The first-order chi connectivity index (χ1) is 7.26. The number of anilines is 1. The van der Waals surface area contributed by atoms with Gasteiger partial charge in [0.15, 0.2) is 0 Å². The fraction of sp³-hybridized carbons (Fsp3) is 0.636. The number of aromatic nitrogens is 2. The lowest BCUT2D eigenvalue weighted by molar-refractivity contribution is 0.183. The zero-order valence-electron chi connectivity index (χ0n) is 9.40. The smallest absolute Gasteiger partial charge is 0.129 e. The van der Waals surface area contributed by atoms with Gasteiger partial charge in [0.1, 0.15) is 12.1 Å². The molecular weight excluding hydrogens is 190 g/mol. The van der Waals surface area contributed by atoms with Crippen LogP contribution < -0.4 is 5.32 Å². The van der Waals surface area contributed by atoms with Crippen LogP contribution in [0.5, 0.6) is 0 Å². The standard InChI is InChI=1S/C11H19N3O/c1-3-5-9-6-11(14-8-13-9)12-7-10(15)4-2/h6,8,10,15H,3-5,7H2,1-2H3,(H,12,13,14). The average molecular weight is 209 g/mol. The Morgan fingerprint density at radius 2 is 2.20 bits per heavy atom. The van der Waals surface area contributed by atoms with Gasteiger partial charge in [-0.15, -0.1) is 0 Å². The lowest BCUT2D eigenvalue weighted by atomic mass is 10.2. The summed E-state index contributed by atoms with van der Waals surface area (Å²) in [5, 5.41) is 12.5. The van der Waals surface area contributed by atoms with Crippen LogP contribution in [-0.2, 0) is 6.42 Å². The Labute approximate surface area is 90.8 Å². The molecule has 0 amide bonds. The Balaban J connectivity index is 2.50. The monoisotopic (exact) mass is 209 g/mol. The Morgan fingerprint density at radius 3 is 2.87 bits per heavy atom. The second-order valence-electron chi connectivity index (χ2n) is 3.59. The van der Waals surface area contributed by atoms with Crippen LogP contribution in [0.4, 0.5) is 5.82 Å². The minimum Gasteiger partial charge on any atom is -0.391 e. The van der Waals surface area contributed by atoms with Crippen LogP contribution in [0, 0.1) is 0 Å². The van der Waals surface area contributed by atoms with Crippen molar-refractivity contribution in [3.8, 4) is 0 Å². The molecule has 1 rings (SSSR count). The van der Waals surface area contributed by atoms with Crippen LogP contribution in [0.2, 0.25) is 0 Å².